The highest BCUT2D eigenvalue weighted by Crippen LogP contribution is 2.40. The van der Waals surface area contributed by atoms with E-state index in [-0.39, 0.29) is 30.8 Å². The summed E-state index contributed by atoms with van der Waals surface area (Å²) >= 11 is 6.02. The van der Waals surface area contributed by atoms with Crippen LogP contribution in [0.3, 0.4) is 0 Å². The van der Waals surface area contributed by atoms with E-state index >= 15 is 0 Å². The lowest BCUT2D eigenvalue weighted by atomic mass is 10.1. The van der Waals surface area contributed by atoms with E-state index in [9.17, 15) is 4.79 Å². The first-order chi connectivity index (χ1) is 16.0. The molecule has 0 bridgehead atoms. The fraction of sp³-hybridized carbons (Fsp3) is 0.480. The largest absolute Gasteiger partial charge is 0.493 e. The Balaban J connectivity index is 0.00000306. The van der Waals surface area contributed by atoms with Crippen molar-refractivity contribution >= 4 is 48.1 Å². The van der Waals surface area contributed by atoms with Crippen LogP contribution < -0.4 is 19.1 Å². The van der Waals surface area contributed by atoms with Crippen molar-refractivity contribution in [1.82, 2.24) is 4.90 Å². The highest BCUT2D eigenvalue weighted by atomic mass is 35.5. The van der Waals surface area contributed by atoms with E-state index in [2.05, 4.69) is 21.9 Å². The maximum atomic E-state index is 11.6. The van der Waals surface area contributed by atoms with Gasteiger partial charge in [-0.25, -0.2) is 0 Å². The predicted octanol–water partition coefficient (Wildman–Crippen LogP) is 5.25. The zero-order chi connectivity index (χ0) is 23.6. The smallest absolute Gasteiger partial charge is 0.305 e. The number of ether oxygens (including phenoxy) is 4. The number of benzene rings is 2. The quantitative estimate of drug-likeness (QED) is 0.280. The second kappa shape index (κ2) is 15.8. The summed E-state index contributed by atoms with van der Waals surface area (Å²) in [5, 5.41) is 0.751. The Bertz CT molecular complexity index is 907. The average Bonchev–Trinajstić information content (AvgIpc) is 2.83. The van der Waals surface area contributed by atoms with Crippen LogP contribution in [0.5, 0.6) is 17.2 Å². The number of rotatable bonds is 11. The van der Waals surface area contributed by atoms with Gasteiger partial charge in [0.05, 0.1) is 27.4 Å². The predicted molar refractivity (Wildman–Crippen MR) is 144 cm³/mol. The van der Waals surface area contributed by atoms with E-state index < -0.39 is 0 Å². The molecule has 0 aliphatic carbocycles. The van der Waals surface area contributed by atoms with Crippen LogP contribution in [-0.4, -0.2) is 64.5 Å². The standard InChI is InChI=1S/C25H33ClN2O5.2ClH/c1-4-32-23(29)6-5-17-33-24-19(7-12-22(30-2)25(24)31-3)18-27-13-15-28(16-14-27)21-10-8-20(26)9-11-21;;/h7-12H,4-6,13-18H2,1-3H3;2*1H. The maximum Gasteiger partial charge on any atom is 0.305 e. The molecule has 2 aromatic rings. The molecular formula is C25H35Cl3N2O5. The molecule has 2 aromatic carbocycles. The van der Waals surface area contributed by atoms with Crippen molar-refractivity contribution in [3.8, 4) is 17.2 Å². The van der Waals surface area contributed by atoms with Crippen molar-refractivity contribution in [3.05, 3.63) is 47.0 Å². The van der Waals surface area contributed by atoms with Crippen molar-refractivity contribution in [2.45, 2.75) is 26.3 Å². The first kappa shape index (κ1) is 31.0. The second-order valence-corrected chi connectivity index (χ2v) is 8.22. The summed E-state index contributed by atoms with van der Waals surface area (Å²) in [7, 11) is 3.22. The number of piperazine rings is 1. The van der Waals surface area contributed by atoms with Gasteiger partial charge in [0, 0.05) is 55.4 Å². The van der Waals surface area contributed by atoms with E-state index in [0.29, 0.717) is 43.3 Å². The number of nitrogens with zero attached hydrogens (tertiary/aromatic N) is 2. The van der Waals surface area contributed by atoms with Crippen molar-refractivity contribution in [2.24, 2.45) is 0 Å². The second-order valence-electron chi connectivity index (χ2n) is 7.79. The summed E-state index contributed by atoms with van der Waals surface area (Å²) < 4.78 is 22.2. The molecule has 0 atom stereocenters. The van der Waals surface area contributed by atoms with Crippen LogP contribution in [-0.2, 0) is 16.1 Å². The van der Waals surface area contributed by atoms with Gasteiger partial charge in [-0.15, -0.1) is 24.8 Å². The van der Waals surface area contributed by atoms with Crippen LogP contribution in [0.15, 0.2) is 36.4 Å². The van der Waals surface area contributed by atoms with Gasteiger partial charge in [0.25, 0.3) is 0 Å². The van der Waals surface area contributed by atoms with Crippen LogP contribution in [0.25, 0.3) is 0 Å². The van der Waals surface area contributed by atoms with Gasteiger partial charge in [0.1, 0.15) is 0 Å². The van der Waals surface area contributed by atoms with Gasteiger partial charge in [0.2, 0.25) is 5.75 Å². The van der Waals surface area contributed by atoms with E-state index in [1.165, 1.54) is 5.69 Å². The average molecular weight is 550 g/mol. The topological polar surface area (TPSA) is 60.5 Å². The normalized spacial score (nSPS) is 13.3. The van der Waals surface area contributed by atoms with Crippen molar-refractivity contribution in [3.63, 3.8) is 0 Å². The lowest BCUT2D eigenvalue weighted by molar-refractivity contribution is -0.143. The fourth-order valence-electron chi connectivity index (χ4n) is 3.90. The molecular weight excluding hydrogens is 515 g/mol. The Morgan fingerprint density at radius 1 is 0.943 bits per heavy atom. The Labute approximate surface area is 225 Å². The third-order valence-electron chi connectivity index (χ3n) is 5.62. The molecule has 3 rings (SSSR count). The van der Waals surface area contributed by atoms with Gasteiger partial charge in [-0.05, 0) is 43.7 Å². The summed E-state index contributed by atoms with van der Waals surface area (Å²) in [6.07, 6.45) is 0.889. The molecule has 35 heavy (non-hydrogen) atoms. The third-order valence-corrected chi connectivity index (χ3v) is 5.87. The Hall–Kier alpha value is -2.06. The van der Waals surface area contributed by atoms with Gasteiger partial charge >= 0.3 is 5.97 Å². The van der Waals surface area contributed by atoms with Crippen molar-refractivity contribution in [2.75, 3.05) is 58.5 Å². The molecule has 196 valence electrons. The molecule has 10 heteroatoms. The summed E-state index contributed by atoms with van der Waals surface area (Å²) in [5.41, 5.74) is 2.22. The van der Waals surface area contributed by atoms with E-state index in [1.54, 1.807) is 21.1 Å². The van der Waals surface area contributed by atoms with Gasteiger partial charge in [-0.1, -0.05) is 17.7 Å². The maximum absolute atomic E-state index is 11.6. The highest BCUT2D eigenvalue weighted by molar-refractivity contribution is 6.30. The van der Waals surface area contributed by atoms with E-state index in [1.807, 2.05) is 24.3 Å². The van der Waals surface area contributed by atoms with Gasteiger partial charge in [-0.2, -0.15) is 0 Å². The molecule has 1 heterocycles. The molecule has 0 radical (unpaired) electrons. The molecule has 1 aliphatic heterocycles. The van der Waals surface area contributed by atoms with E-state index in [0.717, 1.165) is 43.3 Å². The molecule has 1 saturated heterocycles. The number of methoxy groups -OCH3 is 2. The zero-order valence-corrected chi connectivity index (χ0v) is 22.8. The third kappa shape index (κ3) is 8.83. The summed E-state index contributed by atoms with van der Waals surface area (Å²) in [4.78, 5) is 16.4. The molecule has 0 unspecified atom stereocenters. The van der Waals surface area contributed by atoms with Crippen LogP contribution >= 0.6 is 36.4 Å². The molecule has 0 spiro atoms. The first-order valence-electron chi connectivity index (χ1n) is 11.3. The van der Waals surface area contributed by atoms with Crippen molar-refractivity contribution < 1.29 is 23.7 Å². The number of esters is 1. The SMILES string of the molecule is CCOC(=O)CCCOc1c(CN2CCN(c3ccc(Cl)cc3)CC2)ccc(OC)c1OC.Cl.Cl. The molecule has 1 fully saturated rings. The highest BCUT2D eigenvalue weighted by Gasteiger charge is 2.22. The first-order valence-corrected chi connectivity index (χ1v) is 11.7. The molecule has 0 aromatic heterocycles. The lowest BCUT2D eigenvalue weighted by Gasteiger charge is -2.36. The van der Waals surface area contributed by atoms with Gasteiger partial charge < -0.3 is 23.8 Å². The van der Waals surface area contributed by atoms with Gasteiger partial charge in [-0.3, -0.25) is 9.69 Å². The summed E-state index contributed by atoms with van der Waals surface area (Å²) in [6, 6.07) is 11.9. The van der Waals surface area contributed by atoms with Crippen LogP contribution in [0, 0.1) is 0 Å². The van der Waals surface area contributed by atoms with Crippen LogP contribution in [0.4, 0.5) is 5.69 Å². The Morgan fingerprint density at radius 3 is 2.23 bits per heavy atom. The monoisotopic (exact) mass is 548 g/mol. The number of hydrogen-bond acceptors (Lipinski definition) is 7. The minimum Gasteiger partial charge on any atom is -0.493 e. The zero-order valence-electron chi connectivity index (χ0n) is 20.5. The molecule has 0 N–H and O–H groups in total. The number of hydrogen-bond donors (Lipinski definition) is 0. The Morgan fingerprint density at radius 2 is 1.63 bits per heavy atom. The number of halogens is 3. The minimum atomic E-state index is -0.211. The van der Waals surface area contributed by atoms with Crippen LogP contribution in [0.2, 0.25) is 5.02 Å². The van der Waals surface area contributed by atoms with Crippen molar-refractivity contribution in [1.29, 1.82) is 0 Å². The molecule has 0 saturated carbocycles. The summed E-state index contributed by atoms with van der Waals surface area (Å²) in [5.74, 6) is 1.65. The number of carbonyl (C=O) groups excluding carboxylic acids is 1. The molecule has 1 aliphatic rings. The fourth-order valence-corrected chi connectivity index (χ4v) is 4.03. The summed E-state index contributed by atoms with van der Waals surface area (Å²) in [6.45, 7) is 7.05. The minimum absolute atomic E-state index is 0. The van der Waals surface area contributed by atoms with Gasteiger partial charge in [0.15, 0.2) is 11.5 Å². The molecule has 0 amide bonds. The number of carbonyl (C=O) groups is 1. The Kier molecular flexibility index (Phi) is 14.0. The van der Waals surface area contributed by atoms with E-state index in [4.69, 9.17) is 30.5 Å². The lowest BCUT2D eigenvalue weighted by Crippen LogP contribution is -2.46. The van der Waals surface area contributed by atoms with Crippen LogP contribution in [0.1, 0.15) is 25.3 Å². The number of anilines is 1. The molecule has 7 nitrogen and oxygen atoms in total.